The fourth-order valence-corrected chi connectivity index (χ4v) is 4.01. The van der Waals surface area contributed by atoms with Crippen LogP contribution in [0.4, 0.5) is 10.1 Å². The Bertz CT molecular complexity index is 927. The summed E-state index contributed by atoms with van der Waals surface area (Å²) >= 11 is 6.13. The molecule has 1 saturated heterocycles. The lowest BCUT2D eigenvalue weighted by molar-refractivity contribution is -0.133. The standard InChI is InChI=1S/C22H23ClFN3O3/c23-17-4-3-5-18(24)16(17)14-25-9-11-26(12-10-25)22(29)15-27-19-6-1-2-7-20(19)30-13-8-21(27)28/h1-7H,8-15H2. The minimum atomic E-state index is -0.318. The fraction of sp³-hybridized carbons (Fsp3) is 0.364. The van der Waals surface area contributed by atoms with E-state index in [1.54, 1.807) is 29.2 Å². The quantitative estimate of drug-likeness (QED) is 0.747. The monoisotopic (exact) mass is 431 g/mol. The van der Waals surface area contributed by atoms with E-state index in [-0.39, 0.29) is 30.6 Å². The molecule has 0 radical (unpaired) electrons. The molecule has 4 rings (SSSR count). The van der Waals surface area contributed by atoms with Gasteiger partial charge in [0.25, 0.3) is 0 Å². The van der Waals surface area contributed by atoms with Gasteiger partial charge in [-0.3, -0.25) is 19.4 Å². The molecule has 0 saturated carbocycles. The summed E-state index contributed by atoms with van der Waals surface area (Å²) in [5.74, 6) is 0.0639. The van der Waals surface area contributed by atoms with Crippen LogP contribution in [0.3, 0.4) is 0 Å². The van der Waals surface area contributed by atoms with Gasteiger partial charge < -0.3 is 9.64 Å². The summed E-state index contributed by atoms with van der Waals surface area (Å²) in [4.78, 5) is 30.8. The Morgan fingerprint density at radius 2 is 1.83 bits per heavy atom. The molecule has 158 valence electrons. The van der Waals surface area contributed by atoms with E-state index in [9.17, 15) is 14.0 Å². The summed E-state index contributed by atoms with van der Waals surface area (Å²) in [6.45, 7) is 2.96. The first-order valence-electron chi connectivity index (χ1n) is 9.98. The van der Waals surface area contributed by atoms with Crippen molar-refractivity contribution in [1.82, 2.24) is 9.80 Å². The van der Waals surface area contributed by atoms with E-state index in [4.69, 9.17) is 16.3 Å². The zero-order valence-corrected chi connectivity index (χ0v) is 17.3. The lowest BCUT2D eigenvalue weighted by atomic mass is 10.1. The maximum Gasteiger partial charge on any atom is 0.242 e. The highest BCUT2D eigenvalue weighted by molar-refractivity contribution is 6.31. The Morgan fingerprint density at radius 1 is 1.07 bits per heavy atom. The van der Waals surface area contributed by atoms with Gasteiger partial charge >= 0.3 is 0 Å². The summed E-state index contributed by atoms with van der Waals surface area (Å²) in [7, 11) is 0. The highest BCUT2D eigenvalue weighted by Gasteiger charge is 2.28. The van der Waals surface area contributed by atoms with Gasteiger partial charge in [-0.25, -0.2) is 4.39 Å². The molecule has 0 unspecified atom stereocenters. The largest absolute Gasteiger partial charge is 0.491 e. The molecule has 0 atom stereocenters. The van der Waals surface area contributed by atoms with Crippen LogP contribution in [0.25, 0.3) is 0 Å². The number of fused-ring (bicyclic) bond motifs is 1. The lowest BCUT2D eigenvalue weighted by Gasteiger charge is -2.36. The molecule has 0 aliphatic carbocycles. The predicted octanol–water partition coefficient (Wildman–Crippen LogP) is 2.94. The molecule has 2 aromatic carbocycles. The molecular weight excluding hydrogens is 409 g/mol. The number of carbonyl (C=O) groups is 2. The van der Waals surface area contributed by atoms with Crippen LogP contribution in [0.1, 0.15) is 12.0 Å². The Morgan fingerprint density at radius 3 is 2.60 bits per heavy atom. The van der Waals surface area contributed by atoms with Crippen LogP contribution in [0.15, 0.2) is 42.5 Å². The first kappa shape index (κ1) is 20.6. The van der Waals surface area contributed by atoms with Gasteiger partial charge in [0.2, 0.25) is 11.8 Å². The number of hydrogen-bond acceptors (Lipinski definition) is 4. The SMILES string of the molecule is O=C(CN1C(=O)CCOc2ccccc21)N1CCN(Cc2c(F)cccc2Cl)CC1. The molecule has 2 aliphatic heterocycles. The van der Waals surface area contributed by atoms with Crippen molar-refractivity contribution in [1.29, 1.82) is 0 Å². The number of carbonyl (C=O) groups excluding carboxylic acids is 2. The Kier molecular flexibility index (Phi) is 6.20. The van der Waals surface area contributed by atoms with Gasteiger partial charge in [-0.2, -0.15) is 0 Å². The second-order valence-corrected chi connectivity index (χ2v) is 7.81. The molecule has 8 heteroatoms. The van der Waals surface area contributed by atoms with Crippen LogP contribution in [0.2, 0.25) is 5.02 Å². The smallest absolute Gasteiger partial charge is 0.242 e. The van der Waals surface area contributed by atoms with Gasteiger partial charge in [0.05, 0.1) is 18.7 Å². The lowest BCUT2D eigenvalue weighted by Crippen LogP contribution is -2.51. The van der Waals surface area contributed by atoms with Crippen molar-refractivity contribution in [3.63, 3.8) is 0 Å². The Hall–Kier alpha value is -2.64. The molecule has 0 N–H and O–H groups in total. The third-order valence-electron chi connectivity index (χ3n) is 5.49. The van der Waals surface area contributed by atoms with E-state index < -0.39 is 0 Å². The van der Waals surface area contributed by atoms with Gasteiger partial charge in [0.1, 0.15) is 18.1 Å². The molecule has 6 nitrogen and oxygen atoms in total. The van der Waals surface area contributed by atoms with E-state index in [0.717, 1.165) is 0 Å². The number of piperazine rings is 1. The van der Waals surface area contributed by atoms with Crippen LogP contribution in [-0.4, -0.2) is 60.9 Å². The first-order valence-corrected chi connectivity index (χ1v) is 10.4. The number of benzene rings is 2. The van der Waals surface area contributed by atoms with E-state index in [2.05, 4.69) is 4.90 Å². The molecule has 1 fully saturated rings. The summed E-state index contributed by atoms with van der Waals surface area (Å²) in [6.07, 6.45) is 0.235. The number of para-hydroxylation sites is 2. The first-order chi connectivity index (χ1) is 14.5. The van der Waals surface area contributed by atoms with Crippen molar-refractivity contribution >= 4 is 29.1 Å². The maximum absolute atomic E-state index is 14.0. The third kappa shape index (κ3) is 4.42. The van der Waals surface area contributed by atoms with Crippen molar-refractivity contribution in [2.75, 3.05) is 44.2 Å². The van der Waals surface area contributed by atoms with E-state index in [0.29, 0.717) is 61.4 Å². The number of ether oxygens (including phenoxy) is 1. The van der Waals surface area contributed by atoms with E-state index in [1.165, 1.54) is 11.0 Å². The molecule has 0 aromatic heterocycles. The normalized spacial score (nSPS) is 17.3. The second kappa shape index (κ2) is 9.02. The zero-order chi connectivity index (χ0) is 21.1. The van der Waals surface area contributed by atoms with Crippen LogP contribution >= 0.6 is 11.6 Å². The van der Waals surface area contributed by atoms with Crippen molar-refractivity contribution < 1.29 is 18.7 Å². The van der Waals surface area contributed by atoms with Crippen molar-refractivity contribution in [2.24, 2.45) is 0 Å². The third-order valence-corrected chi connectivity index (χ3v) is 5.85. The summed E-state index contributed by atoms with van der Waals surface area (Å²) in [5.41, 5.74) is 1.10. The van der Waals surface area contributed by atoms with Crippen LogP contribution < -0.4 is 9.64 Å². The number of anilines is 1. The van der Waals surface area contributed by atoms with Crippen molar-refractivity contribution in [3.8, 4) is 5.75 Å². The number of halogens is 2. The fourth-order valence-electron chi connectivity index (χ4n) is 3.79. The van der Waals surface area contributed by atoms with Gasteiger partial charge in [-0.15, -0.1) is 0 Å². The zero-order valence-electron chi connectivity index (χ0n) is 16.5. The molecular formula is C22H23ClFN3O3. The van der Waals surface area contributed by atoms with Crippen LogP contribution in [-0.2, 0) is 16.1 Å². The van der Waals surface area contributed by atoms with Gasteiger partial charge in [0.15, 0.2) is 0 Å². The second-order valence-electron chi connectivity index (χ2n) is 7.40. The van der Waals surface area contributed by atoms with E-state index in [1.807, 2.05) is 12.1 Å². The molecule has 2 heterocycles. The molecule has 0 bridgehead atoms. The minimum Gasteiger partial charge on any atom is -0.491 e. The topological polar surface area (TPSA) is 53.1 Å². The molecule has 2 amide bonds. The Labute approximate surface area is 179 Å². The highest BCUT2D eigenvalue weighted by atomic mass is 35.5. The van der Waals surface area contributed by atoms with Gasteiger partial charge in [-0.05, 0) is 24.3 Å². The van der Waals surface area contributed by atoms with E-state index >= 15 is 0 Å². The average Bonchev–Trinajstić information content (AvgIpc) is 2.90. The van der Waals surface area contributed by atoms with Crippen molar-refractivity contribution in [3.05, 3.63) is 58.9 Å². The highest BCUT2D eigenvalue weighted by Crippen LogP contribution is 2.31. The number of nitrogens with zero attached hydrogens (tertiary/aromatic N) is 3. The van der Waals surface area contributed by atoms with Gasteiger partial charge in [0, 0.05) is 43.3 Å². The molecule has 0 spiro atoms. The summed E-state index contributed by atoms with van der Waals surface area (Å²) in [6, 6.07) is 11.9. The maximum atomic E-state index is 14.0. The Balaban J connectivity index is 1.37. The number of rotatable bonds is 4. The minimum absolute atomic E-state index is 0.0155. The van der Waals surface area contributed by atoms with Crippen LogP contribution in [0.5, 0.6) is 5.75 Å². The molecule has 30 heavy (non-hydrogen) atoms. The molecule has 2 aromatic rings. The average molecular weight is 432 g/mol. The predicted molar refractivity (Wildman–Crippen MR) is 112 cm³/mol. The molecule has 2 aliphatic rings. The summed E-state index contributed by atoms with van der Waals surface area (Å²) in [5, 5.41) is 0.411. The van der Waals surface area contributed by atoms with Crippen LogP contribution in [0, 0.1) is 5.82 Å². The van der Waals surface area contributed by atoms with Gasteiger partial charge in [-0.1, -0.05) is 29.8 Å². The number of amides is 2. The summed E-state index contributed by atoms with van der Waals surface area (Å²) < 4.78 is 19.7. The number of hydrogen-bond donors (Lipinski definition) is 0. The van der Waals surface area contributed by atoms with Crippen molar-refractivity contribution in [2.45, 2.75) is 13.0 Å².